The van der Waals surface area contributed by atoms with Crippen molar-refractivity contribution in [3.8, 4) is 0 Å². The first-order valence-electron chi connectivity index (χ1n) is 8.32. The Hall–Kier alpha value is -2.52. The summed E-state index contributed by atoms with van der Waals surface area (Å²) in [7, 11) is 0. The molecule has 142 valence electrons. The highest BCUT2D eigenvalue weighted by atomic mass is 32.2. The molecule has 1 aliphatic heterocycles. The van der Waals surface area contributed by atoms with Crippen LogP contribution in [0, 0.1) is 5.92 Å². The number of imide groups is 1. The third-order valence-corrected chi connectivity index (χ3v) is 5.57. The van der Waals surface area contributed by atoms with Gasteiger partial charge in [-0.25, -0.2) is 4.79 Å². The number of fused-ring (bicyclic) bond motifs is 1. The van der Waals surface area contributed by atoms with E-state index in [-0.39, 0.29) is 24.0 Å². The molecule has 1 unspecified atom stereocenters. The predicted octanol–water partition coefficient (Wildman–Crippen LogP) is 3.75. The Morgan fingerprint density at radius 1 is 1.22 bits per heavy atom. The summed E-state index contributed by atoms with van der Waals surface area (Å²) in [6.45, 7) is 4.02. The summed E-state index contributed by atoms with van der Waals surface area (Å²) in [6.07, 6.45) is -0.805. The van der Waals surface area contributed by atoms with Crippen molar-refractivity contribution in [1.82, 2.24) is 5.32 Å². The van der Waals surface area contributed by atoms with Gasteiger partial charge in [0.1, 0.15) is 5.00 Å². The minimum Gasteiger partial charge on any atom is -0.449 e. The van der Waals surface area contributed by atoms with Gasteiger partial charge in [-0.05, 0) is 29.5 Å². The molecule has 2 aromatic rings. The number of anilines is 2. The van der Waals surface area contributed by atoms with Crippen molar-refractivity contribution >= 4 is 51.7 Å². The number of ether oxygens (including phenoxy) is 1. The van der Waals surface area contributed by atoms with Gasteiger partial charge >= 0.3 is 6.09 Å². The van der Waals surface area contributed by atoms with E-state index in [9.17, 15) is 14.4 Å². The number of amides is 3. The van der Waals surface area contributed by atoms with Crippen LogP contribution in [0.4, 0.5) is 15.5 Å². The first-order valence-corrected chi connectivity index (χ1v) is 10.1. The molecule has 0 bridgehead atoms. The molecule has 3 amide bonds. The maximum atomic E-state index is 12.5. The molecule has 1 aromatic carbocycles. The molecule has 0 saturated heterocycles. The monoisotopic (exact) mass is 405 g/mol. The number of carbonyl (C=O) groups excluding carboxylic acids is 3. The van der Waals surface area contributed by atoms with Gasteiger partial charge in [-0.1, -0.05) is 37.7 Å². The van der Waals surface area contributed by atoms with Gasteiger partial charge in [0.2, 0.25) is 0 Å². The number of rotatable bonds is 5. The van der Waals surface area contributed by atoms with Crippen molar-refractivity contribution in [3.63, 3.8) is 0 Å². The van der Waals surface area contributed by atoms with Crippen LogP contribution in [0.5, 0.6) is 0 Å². The first-order chi connectivity index (χ1) is 12.9. The van der Waals surface area contributed by atoms with Gasteiger partial charge in [-0.2, -0.15) is 0 Å². The highest BCUT2D eigenvalue weighted by molar-refractivity contribution is 8.01. The van der Waals surface area contributed by atoms with Crippen molar-refractivity contribution < 1.29 is 19.1 Å². The van der Waals surface area contributed by atoms with Crippen molar-refractivity contribution in [1.29, 1.82) is 0 Å². The Morgan fingerprint density at radius 2 is 2.00 bits per heavy atom. The molecule has 0 fully saturated rings. The van der Waals surface area contributed by atoms with Gasteiger partial charge in [0.05, 0.1) is 12.2 Å². The smallest absolute Gasteiger partial charge is 0.414 e. The van der Waals surface area contributed by atoms with E-state index in [0.29, 0.717) is 5.00 Å². The van der Waals surface area contributed by atoms with E-state index < -0.39 is 17.4 Å². The average Bonchev–Trinajstić information content (AvgIpc) is 3.26. The second kappa shape index (κ2) is 8.45. The molecule has 0 spiro atoms. The predicted molar refractivity (Wildman–Crippen MR) is 106 cm³/mol. The van der Waals surface area contributed by atoms with Gasteiger partial charge in [-0.3, -0.25) is 14.9 Å². The van der Waals surface area contributed by atoms with Gasteiger partial charge < -0.3 is 15.4 Å². The molecular formula is C18H19N3O4S2. The van der Waals surface area contributed by atoms with Crippen molar-refractivity contribution in [2.45, 2.75) is 24.1 Å². The Balaban J connectivity index is 1.59. The normalized spacial score (nSPS) is 15.0. The second-order valence-corrected chi connectivity index (χ2v) is 8.30. The van der Waals surface area contributed by atoms with Crippen molar-refractivity contribution in [3.05, 3.63) is 41.3 Å². The Labute approximate surface area is 164 Å². The summed E-state index contributed by atoms with van der Waals surface area (Å²) in [5.41, 5.74) is 1.12. The lowest BCUT2D eigenvalue weighted by atomic mass is 10.2. The van der Waals surface area contributed by atoms with Gasteiger partial charge in [0.15, 0.2) is 5.37 Å². The van der Waals surface area contributed by atoms with Gasteiger partial charge in [0.25, 0.3) is 11.8 Å². The molecule has 3 N–H and O–H groups in total. The van der Waals surface area contributed by atoms with E-state index >= 15 is 0 Å². The third kappa shape index (κ3) is 4.81. The summed E-state index contributed by atoms with van der Waals surface area (Å²) in [6, 6.07) is 9.20. The Kier molecular flexibility index (Phi) is 6.02. The van der Waals surface area contributed by atoms with Crippen LogP contribution < -0.4 is 16.0 Å². The van der Waals surface area contributed by atoms with Crippen LogP contribution in [0.3, 0.4) is 0 Å². The number of carbonyl (C=O) groups is 3. The number of hydrogen-bond donors (Lipinski definition) is 3. The van der Waals surface area contributed by atoms with E-state index in [0.717, 1.165) is 10.6 Å². The molecule has 0 radical (unpaired) electrons. The molecule has 1 aliphatic rings. The van der Waals surface area contributed by atoms with E-state index in [1.807, 2.05) is 38.1 Å². The van der Waals surface area contributed by atoms with Crippen molar-refractivity contribution in [2.24, 2.45) is 5.92 Å². The van der Waals surface area contributed by atoms with Crippen LogP contribution in [0.2, 0.25) is 0 Å². The Bertz CT molecular complexity index is 841. The fourth-order valence-corrected chi connectivity index (χ4v) is 4.11. The fourth-order valence-electron chi connectivity index (χ4n) is 2.31. The van der Waals surface area contributed by atoms with Gasteiger partial charge in [-0.15, -0.1) is 11.3 Å². The molecule has 0 aliphatic carbocycles. The molecule has 7 nitrogen and oxygen atoms in total. The molecular weight excluding hydrogens is 386 g/mol. The largest absolute Gasteiger partial charge is 0.449 e. The standard InChI is InChI=1S/C18H19N3O4S2/c1-10(2)9-25-18(24)21-14(22)11-7-8-26-16(11)20-15(23)17-19-12-5-3-4-6-13(12)27-17/h3-8,10,17,19H,9H2,1-2H3,(H,20,23)(H,21,22,24). The SMILES string of the molecule is CC(C)COC(=O)NC(=O)c1ccsc1NC(=O)C1Nc2ccccc2S1. The molecule has 3 rings (SSSR count). The highest BCUT2D eigenvalue weighted by Gasteiger charge is 2.28. The summed E-state index contributed by atoms with van der Waals surface area (Å²) >= 11 is 2.62. The quantitative estimate of drug-likeness (QED) is 0.701. The number of benzene rings is 1. The molecule has 27 heavy (non-hydrogen) atoms. The molecule has 2 heterocycles. The number of nitrogens with one attached hydrogen (secondary N) is 3. The fraction of sp³-hybridized carbons (Fsp3) is 0.278. The molecule has 9 heteroatoms. The number of thiophene rings is 1. The maximum Gasteiger partial charge on any atom is 0.414 e. The van der Waals surface area contributed by atoms with E-state index in [1.54, 1.807) is 11.4 Å². The maximum absolute atomic E-state index is 12.5. The topological polar surface area (TPSA) is 96.5 Å². The first kappa shape index (κ1) is 19.2. The minimum absolute atomic E-state index is 0.169. The summed E-state index contributed by atoms with van der Waals surface area (Å²) < 4.78 is 4.94. The molecule has 1 atom stereocenters. The van der Waals surface area contributed by atoms with E-state index in [4.69, 9.17) is 4.74 Å². The van der Waals surface area contributed by atoms with E-state index in [2.05, 4.69) is 16.0 Å². The summed E-state index contributed by atoms with van der Waals surface area (Å²) in [4.78, 5) is 37.5. The van der Waals surface area contributed by atoms with Gasteiger partial charge in [0, 0.05) is 10.6 Å². The average molecular weight is 406 g/mol. The van der Waals surface area contributed by atoms with Crippen LogP contribution in [-0.2, 0) is 9.53 Å². The van der Waals surface area contributed by atoms with Crippen LogP contribution in [0.1, 0.15) is 24.2 Å². The number of para-hydroxylation sites is 1. The zero-order valence-electron chi connectivity index (χ0n) is 14.8. The van der Waals surface area contributed by atoms with E-state index in [1.165, 1.54) is 23.1 Å². The lowest BCUT2D eigenvalue weighted by Crippen LogP contribution is -2.33. The molecule has 0 saturated carbocycles. The van der Waals surface area contributed by atoms with Crippen LogP contribution in [-0.4, -0.2) is 29.9 Å². The van der Waals surface area contributed by atoms with Crippen molar-refractivity contribution in [2.75, 3.05) is 17.2 Å². The lowest BCUT2D eigenvalue weighted by Gasteiger charge is -2.12. The van der Waals surface area contributed by atoms with Crippen LogP contribution in [0.15, 0.2) is 40.6 Å². The van der Waals surface area contributed by atoms with Crippen LogP contribution in [0.25, 0.3) is 0 Å². The van der Waals surface area contributed by atoms with Crippen LogP contribution >= 0.6 is 23.1 Å². The summed E-state index contributed by atoms with van der Waals surface area (Å²) in [5, 5.41) is 9.63. The second-order valence-electron chi connectivity index (χ2n) is 6.24. The minimum atomic E-state index is -0.805. The number of hydrogen-bond acceptors (Lipinski definition) is 7. The molecule has 1 aromatic heterocycles. The summed E-state index contributed by atoms with van der Waals surface area (Å²) in [5.74, 6) is -0.715. The highest BCUT2D eigenvalue weighted by Crippen LogP contribution is 2.38. The third-order valence-electron chi connectivity index (χ3n) is 3.57. The zero-order chi connectivity index (χ0) is 19.4. The zero-order valence-corrected chi connectivity index (χ0v) is 16.4. The lowest BCUT2D eigenvalue weighted by molar-refractivity contribution is -0.115. The Morgan fingerprint density at radius 3 is 2.74 bits per heavy atom. The number of thioether (sulfide) groups is 1. The number of alkyl carbamates (subject to hydrolysis) is 1.